The van der Waals surface area contributed by atoms with E-state index in [-0.39, 0.29) is 0 Å². The largest absolute Gasteiger partial charge is 0.488 e. The van der Waals surface area contributed by atoms with Crippen molar-refractivity contribution >= 4 is 51.1 Å². The van der Waals surface area contributed by atoms with Crippen molar-refractivity contribution in [1.82, 2.24) is 5.01 Å². The van der Waals surface area contributed by atoms with Gasteiger partial charge in [-0.25, -0.2) is 0 Å². The molecular weight excluding hydrogens is 492 g/mol. The maximum absolute atomic E-state index is 13.0. The van der Waals surface area contributed by atoms with Gasteiger partial charge in [0.2, 0.25) is 0 Å². The number of carbonyl (C=O) groups is 2. The molecule has 0 unspecified atom stereocenters. The van der Waals surface area contributed by atoms with Gasteiger partial charge < -0.3 is 4.74 Å². The summed E-state index contributed by atoms with van der Waals surface area (Å²) in [6, 6.07) is 21.5. The van der Waals surface area contributed by atoms with E-state index in [2.05, 4.69) is 21.0 Å². The van der Waals surface area contributed by atoms with E-state index in [9.17, 15) is 9.59 Å². The van der Waals surface area contributed by atoms with Crippen LogP contribution in [0.5, 0.6) is 5.75 Å². The molecule has 4 rings (SSSR count). The van der Waals surface area contributed by atoms with Gasteiger partial charge in [0.15, 0.2) is 0 Å². The Morgan fingerprint density at radius 2 is 1.88 bits per heavy atom. The van der Waals surface area contributed by atoms with Crippen molar-refractivity contribution < 1.29 is 14.3 Å². The van der Waals surface area contributed by atoms with Gasteiger partial charge in [0.05, 0.1) is 11.3 Å². The van der Waals surface area contributed by atoms with Crippen LogP contribution in [-0.2, 0) is 11.4 Å². The molecular formula is C25H18BrClN2O3. The third-order valence-electron chi connectivity index (χ3n) is 4.83. The lowest BCUT2D eigenvalue weighted by Crippen LogP contribution is -2.29. The molecule has 5 nitrogen and oxygen atoms in total. The maximum Gasteiger partial charge on any atom is 0.283 e. The third-order valence-corrected chi connectivity index (χ3v) is 5.56. The molecule has 0 fully saturated rings. The predicted molar refractivity (Wildman–Crippen MR) is 129 cm³/mol. The van der Waals surface area contributed by atoms with Gasteiger partial charge in [0.1, 0.15) is 12.4 Å². The first kappa shape index (κ1) is 22.0. The van der Waals surface area contributed by atoms with Crippen LogP contribution in [-0.4, -0.2) is 22.5 Å². The molecule has 0 saturated heterocycles. The molecule has 1 aliphatic rings. The SMILES string of the molecule is CC1=NN(C(=O)c2ccccc2)C(=O)/C1=C/c1cc(Br)ccc1OCc1cccc(Cl)c1. The molecule has 0 aliphatic carbocycles. The zero-order valence-corrected chi connectivity index (χ0v) is 19.4. The minimum Gasteiger partial charge on any atom is -0.488 e. The van der Waals surface area contributed by atoms with Crippen LogP contribution in [0.3, 0.4) is 0 Å². The number of hydrogen-bond acceptors (Lipinski definition) is 4. The number of ether oxygens (including phenoxy) is 1. The Hall–Kier alpha value is -3.22. The second kappa shape index (κ2) is 9.51. The van der Waals surface area contributed by atoms with Gasteiger partial charge >= 0.3 is 0 Å². The minimum absolute atomic E-state index is 0.317. The molecule has 32 heavy (non-hydrogen) atoms. The van der Waals surface area contributed by atoms with Crippen molar-refractivity contribution in [3.8, 4) is 5.75 Å². The van der Waals surface area contributed by atoms with Gasteiger partial charge in [0, 0.05) is 20.6 Å². The lowest BCUT2D eigenvalue weighted by molar-refractivity contribution is -0.123. The Bertz CT molecular complexity index is 1260. The second-order valence-corrected chi connectivity index (χ2v) is 8.48. The van der Waals surface area contributed by atoms with Crippen LogP contribution in [0, 0.1) is 0 Å². The molecule has 7 heteroatoms. The van der Waals surface area contributed by atoms with Crippen molar-refractivity contribution in [1.29, 1.82) is 0 Å². The zero-order chi connectivity index (χ0) is 22.7. The zero-order valence-electron chi connectivity index (χ0n) is 17.1. The summed E-state index contributed by atoms with van der Waals surface area (Å²) in [5.41, 5.74) is 2.80. The monoisotopic (exact) mass is 508 g/mol. The maximum atomic E-state index is 13.0. The first-order valence-corrected chi connectivity index (χ1v) is 11.0. The molecule has 160 valence electrons. The van der Waals surface area contributed by atoms with Crippen molar-refractivity contribution in [2.45, 2.75) is 13.5 Å². The molecule has 0 bridgehead atoms. The highest BCUT2D eigenvalue weighted by Gasteiger charge is 2.33. The summed E-state index contributed by atoms with van der Waals surface area (Å²) < 4.78 is 6.83. The van der Waals surface area contributed by atoms with Crippen LogP contribution in [0.25, 0.3) is 6.08 Å². The molecule has 0 saturated carbocycles. The molecule has 0 radical (unpaired) electrons. The molecule has 1 heterocycles. The van der Waals surface area contributed by atoms with Gasteiger partial charge in [-0.3, -0.25) is 9.59 Å². The van der Waals surface area contributed by atoms with E-state index in [1.165, 1.54) is 0 Å². The summed E-state index contributed by atoms with van der Waals surface area (Å²) >= 11 is 9.52. The quantitative estimate of drug-likeness (QED) is 0.307. The number of benzene rings is 3. The number of nitrogens with zero attached hydrogens (tertiary/aromatic N) is 2. The van der Waals surface area contributed by atoms with E-state index in [0.29, 0.717) is 39.8 Å². The smallest absolute Gasteiger partial charge is 0.283 e. The van der Waals surface area contributed by atoms with E-state index in [0.717, 1.165) is 15.0 Å². The topological polar surface area (TPSA) is 59.0 Å². The first-order valence-electron chi connectivity index (χ1n) is 9.80. The highest BCUT2D eigenvalue weighted by molar-refractivity contribution is 9.10. The van der Waals surface area contributed by atoms with Crippen LogP contribution in [0.1, 0.15) is 28.4 Å². The number of rotatable bonds is 5. The summed E-state index contributed by atoms with van der Waals surface area (Å²) in [6.07, 6.45) is 1.69. The molecule has 0 N–H and O–H groups in total. The van der Waals surface area contributed by atoms with Crippen LogP contribution in [0.15, 0.2) is 87.9 Å². The van der Waals surface area contributed by atoms with Crippen molar-refractivity contribution in [3.05, 3.63) is 105 Å². The molecule has 0 spiro atoms. The van der Waals surface area contributed by atoms with Crippen LogP contribution in [0.4, 0.5) is 0 Å². The van der Waals surface area contributed by atoms with Gasteiger partial charge in [-0.05, 0) is 61.0 Å². The average Bonchev–Trinajstić information content (AvgIpc) is 3.07. The van der Waals surface area contributed by atoms with Crippen molar-refractivity contribution in [2.24, 2.45) is 5.10 Å². The summed E-state index contributed by atoms with van der Waals surface area (Å²) in [5.74, 6) is -0.351. The van der Waals surface area contributed by atoms with Crippen LogP contribution in [0.2, 0.25) is 5.02 Å². The van der Waals surface area contributed by atoms with E-state index < -0.39 is 11.8 Å². The summed E-state index contributed by atoms with van der Waals surface area (Å²) in [5, 5.41) is 5.73. The molecule has 2 amide bonds. The Morgan fingerprint density at radius 3 is 2.62 bits per heavy atom. The summed E-state index contributed by atoms with van der Waals surface area (Å²) in [6.45, 7) is 2.02. The lowest BCUT2D eigenvalue weighted by Gasteiger charge is -2.12. The van der Waals surface area contributed by atoms with E-state index in [1.807, 2.05) is 36.4 Å². The standard InChI is InChI=1S/C25H18BrClN2O3/c1-16-22(25(31)29(28-16)24(30)18-7-3-2-4-8-18)14-19-13-20(26)10-11-23(19)32-15-17-6-5-9-21(27)12-17/h2-14H,15H2,1H3/b22-14+. The van der Waals surface area contributed by atoms with Gasteiger partial charge in [-0.15, -0.1) is 0 Å². The number of hydrazone groups is 1. The number of imide groups is 1. The highest BCUT2D eigenvalue weighted by atomic mass is 79.9. The number of carbonyl (C=O) groups excluding carboxylic acids is 2. The van der Waals surface area contributed by atoms with Gasteiger partial charge in [-0.2, -0.15) is 10.1 Å². The number of hydrogen-bond donors (Lipinski definition) is 0. The highest BCUT2D eigenvalue weighted by Crippen LogP contribution is 2.29. The van der Waals surface area contributed by atoms with Crippen LogP contribution < -0.4 is 4.74 Å². The average molecular weight is 510 g/mol. The normalized spacial score (nSPS) is 14.6. The Kier molecular flexibility index (Phi) is 6.53. The molecule has 0 atom stereocenters. The summed E-state index contributed by atoms with van der Waals surface area (Å²) in [7, 11) is 0. The second-order valence-electron chi connectivity index (χ2n) is 7.13. The third kappa shape index (κ3) is 4.82. The molecule has 1 aliphatic heterocycles. The fourth-order valence-electron chi connectivity index (χ4n) is 3.23. The Balaban J connectivity index is 1.60. The van der Waals surface area contributed by atoms with E-state index in [4.69, 9.17) is 16.3 Å². The lowest BCUT2D eigenvalue weighted by atomic mass is 10.1. The van der Waals surface area contributed by atoms with E-state index >= 15 is 0 Å². The fraction of sp³-hybridized carbons (Fsp3) is 0.0800. The predicted octanol–water partition coefficient (Wildman–Crippen LogP) is 6.12. The Morgan fingerprint density at radius 1 is 1.09 bits per heavy atom. The number of halogens is 2. The van der Waals surface area contributed by atoms with Gasteiger partial charge in [0.25, 0.3) is 11.8 Å². The Labute approximate surface area is 199 Å². The summed E-state index contributed by atoms with van der Waals surface area (Å²) in [4.78, 5) is 25.7. The number of amides is 2. The molecule has 0 aromatic heterocycles. The van der Waals surface area contributed by atoms with Crippen molar-refractivity contribution in [2.75, 3.05) is 0 Å². The fourth-order valence-corrected chi connectivity index (χ4v) is 3.82. The van der Waals surface area contributed by atoms with E-state index in [1.54, 1.807) is 49.4 Å². The van der Waals surface area contributed by atoms with Crippen LogP contribution >= 0.6 is 27.5 Å². The van der Waals surface area contributed by atoms with Crippen molar-refractivity contribution in [3.63, 3.8) is 0 Å². The minimum atomic E-state index is -0.475. The van der Waals surface area contributed by atoms with Gasteiger partial charge in [-0.1, -0.05) is 57.9 Å². The molecule has 3 aromatic rings. The molecule has 3 aromatic carbocycles. The first-order chi connectivity index (χ1) is 15.4.